The van der Waals surface area contributed by atoms with Crippen molar-refractivity contribution in [3.8, 4) is 0 Å². The molecule has 6 saturated carbocycles. The van der Waals surface area contributed by atoms with Crippen molar-refractivity contribution in [1.29, 1.82) is 0 Å². The van der Waals surface area contributed by atoms with Crippen LogP contribution in [0.15, 0.2) is 24.3 Å². The lowest BCUT2D eigenvalue weighted by molar-refractivity contribution is -0.186. The van der Waals surface area contributed by atoms with E-state index >= 15 is 0 Å². The van der Waals surface area contributed by atoms with E-state index in [1.807, 2.05) is 13.8 Å². The molecule has 9 fully saturated rings. The van der Waals surface area contributed by atoms with Crippen LogP contribution in [-0.4, -0.2) is 78.8 Å². The number of rotatable bonds is 4. The zero-order chi connectivity index (χ0) is 42.4. The minimum Gasteiger partial charge on any atom is -0.478 e. The van der Waals surface area contributed by atoms with Crippen LogP contribution in [0.1, 0.15) is 121 Å². The predicted molar refractivity (Wildman–Crippen MR) is 215 cm³/mol. The van der Waals surface area contributed by atoms with Gasteiger partial charge in [0.1, 0.15) is 0 Å². The van der Waals surface area contributed by atoms with E-state index in [4.69, 9.17) is 28.8 Å². The highest BCUT2D eigenvalue weighted by Gasteiger charge is 2.64. The number of aliphatic hydroxyl groups excluding tert-OH is 1. The SMILES string of the molecule is C.C=C(C)C(=O)O.C=C(C)C(=O)OC1OCC2C3CC[C@@H](C3)[C@]12C.CC.CC(=O)OC(C)=O.CC(=O)OC1OCC2C3CC[C@@H](C3)C12.OC1OCC2C3CC[C@@H](C3)C12. The molecule has 9 aliphatic rings. The van der Waals surface area contributed by atoms with Crippen LogP contribution in [0.5, 0.6) is 0 Å². The van der Waals surface area contributed by atoms with Gasteiger partial charge in [-0.15, -0.1) is 0 Å². The summed E-state index contributed by atoms with van der Waals surface area (Å²) in [6.07, 6.45) is 11.0. The summed E-state index contributed by atoms with van der Waals surface area (Å²) in [5.41, 5.74) is 0.674. The molecule has 58 heavy (non-hydrogen) atoms. The molecular formula is C45H72O13. The normalized spacial score (nSPS) is 38.9. The summed E-state index contributed by atoms with van der Waals surface area (Å²) in [5, 5.41) is 17.4. The van der Waals surface area contributed by atoms with Crippen LogP contribution in [0.25, 0.3) is 0 Å². The molecule has 0 amide bonds. The first-order valence-electron chi connectivity index (χ1n) is 21.1. The zero-order valence-corrected chi connectivity index (χ0v) is 35.4. The van der Waals surface area contributed by atoms with Crippen LogP contribution in [0.2, 0.25) is 0 Å². The molecule has 13 nitrogen and oxygen atoms in total. The molecule has 0 aromatic heterocycles. The highest BCUT2D eigenvalue weighted by Crippen LogP contribution is 2.64. The third kappa shape index (κ3) is 11.2. The first-order chi connectivity index (χ1) is 26.9. The lowest BCUT2D eigenvalue weighted by Crippen LogP contribution is -2.41. The van der Waals surface area contributed by atoms with Crippen LogP contribution in [0, 0.1) is 70.5 Å². The van der Waals surface area contributed by atoms with Gasteiger partial charge < -0.3 is 38.6 Å². The summed E-state index contributed by atoms with van der Waals surface area (Å²) in [6.45, 7) is 22.4. The first kappa shape index (κ1) is 49.2. The van der Waals surface area contributed by atoms with E-state index in [1.54, 1.807) is 6.92 Å². The van der Waals surface area contributed by atoms with E-state index < -0.39 is 24.2 Å². The lowest BCUT2D eigenvalue weighted by Gasteiger charge is -2.37. The molecule has 0 aromatic carbocycles. The molecule has 3 heterocycles. The number of aliphatic carboxylic acids is 1. The van der Waals surface area contributed by atoms with Gasteiger partial charge >= 0.3 is 29.8 Å². The van der Waals surface area contributed by atoms with Gasteiger partial charge in [-0.3, -0.25) is 14.4 Å². The van der Waals surface area contributed by atoms with Crippen molar-refractivity contribution in [2.75, 3.05) is 19.8 Å². The molecule has 15 atom stereocenters. The van der Waals surface area contributed by atoms with Crippen molar-refractivity contribution in [2.45, 2.75) is 139 Å². The second-order valence-electron chi connectivity index (χ2n) is 17.4. The Kier molecular flexibility index (Phi) is 18.2. The Bertz CT molecular complexity index is 1450. The maximum atomic E-state index is 11.6. The number of carbonyl (C=O) groups is 5. The van der Waals surface area contributed by atoms with E-state index in [2.05, 4.69) is 24.8 Å². The highest BCUT2D eigenvalue weighted by atomic mass is 16.7. The molecule has 3 saturated heterocycles. The summed E-state index contributed by atoms with van der Waals surface area (Å²) in [4.78, 5) is 51.7. The first-order valence-corrected chi connectivity index (χ1v) is 21.1. The van der Waals surface area contributed by atoms with Gasteiger partial charge in [0.15, 0.2) is 6.29 Å². The molecule has 330 valence electrons. The highest BCUT2D eigenvalue weighted by molar-refractivity contribution is 5.87. The molecule has 6 bridgehead atoms. The second kappa shape index (κ2) is 21.4. The van der Waals surface area contributed by atoms with Crippen LogP contribution >= 0.6 is 0 Å². The van der Waals surface area contributed by atoms with Crippen LogP contribution in [0.4, 0.5) is 0 Å². The molecule has 0 spiro atoms. The number of esters is 4. The summed E-state index contributed by atoms with van der Waals surface area (Å²) in [6, 6.07) is 0. The number of carboxylic acid groups (broad SMARTS) is 1. The average molecular weight is 821 g/mol. The number of ether oxygens (including phenoxy) is 6. The van der Waals surface area contributed by atoms with Crippen LogP contribution < -0.4 is 0 Å². The molecule has 3 aliphatic heterocycles. The van der Waals surface area contributed by atoms with Crippen LogP contribution in [-0.2, 0) is 52.4 Å². The number of carbonyl (C=O) groups excluding carboxylic acids is 4. The van der Waals surface area contributed by atoms with Crippen LogP contribution in [0.3, 0.4) is 0 Å². The van der Waals surface area contributed by atoms with Gasteiger partial charge in [0.2, 0.25) is 12.6 Å². The Balaban J connectivity index is 0.000000200. The van der Waals surface area contributed by atoms with E-state index in [9.17, 15) is 29.1 Å². The third-order valence-electron chi connectivity index (χ3n) is 14.0. The Morgan fingerprint density at radius 1 is 0.638 bits per heavy atom. The molecule has 6 aliphatic carbocycles. The van der Waals surface area contributed by atoms with Crippen molar-refractivity contribution in [2.24, 2.45) is 70.5 Å². The van der Waals surface area contributed by atoms with Gasteiger partial charge in [0.05, 0.1) is 19.8 Å². The summed E-state index contributed by atoms with van der Waals surface area (Å²) >= 11 is 0. The molecule has 0 aromatic rings. The van der Waals surface area contributed by atoms with E-state index in [0.717, 1.165) is 49.4 Å². The number of fused-ring (bicyclic) bond motifs is 15. The quantitative estimate of drug-likeness (QED) is 0.123. The Labute approximate surface area is 345 Å². The molecule has 9 rings (SSSR count). The fourth-order valence-corrected chi connectivity index (χ4v) is 11.6. The standard InChI is InChI=1S/C14H20O3.C11H16O3.C9H14O2.C4H6O3.C4H6O2.C2H6.CH4/c1-8(2)12(15)17-13-14(3)10-5-4-9(6-10)11(14)7-16-13;1-6(12)14-11-10-8-3-2-7(4-8)9(10)5-13-11;10-9-8-6-2-1-5(3-6)7(8)4-11-9;1-3(5)7-4(2)6;1-3(2)4(5)6;1-2;/h9-11,13H,1,4-7H2,2-3H3;7-11H,2-5H2,1H3;5-10H,1-4H2;1-2H3;1H2,2H3,(H,5,6);1-2H3;1H4/t9?,10-,11?,13?,14-;7?,8-,9?,10?,11?;5?,6-,7?,8?,9?;;;;/m000..../s1. The minimum atomic E-state index is -0.935. The monoisotopic (exact) mass is 820 g/mol. The number of aliphatic hydroxyl groups is 1. The Hall–Kier alpha value is -3.13. The smallest absolute Gasteiger partial charge is 0.335 e. The van der Waals surface area contributed by atoms with Gasteiger partial charge in [-0.1, -0.05) is 41.4 Å². The molecule has 13 heteroatoms. The minimum absolute atomic E-state index is 0. The Morgan fingerprint density at radius 2 is 1.14 bits per heavy atom. The predicted octanol–water partition coefficient (Wildman–Crippen LogP) is 7.49. The van der Waals surface area contributed by atoms with Crippen molar-refractivity contribution >= 4 is 29.8 Å². The van der Waals surface area contributed by atoms with E-state index in [1.165, 1.54) is 85.5 Å². The number of hydrogen-bond donors (Lipinski definition) is 2. The van der Waals surface area contributed by atoms with Crippen molar-refractivity contribution in [3.63, 3.8) is 0 Å². The van der Waals surface area contributed by atoms with E-state index in [0.29, 0.717) is 41.1 Å². The largest absolute Gasteiger partial charge is 0.478 e. The van der Waals surface area contributed by atoms with Gasteiger partial charge in [0, 0.05) is 49.2 Å². The fraction of sp³-hybridized carbons (Fsp3) is 0.800. The number of hydrogen-bond acceptors (Lipinski definition) is 12. The summed E-state index contributed by atoms with van der Waals surface area (Å²) in [5.74, 6) is 5.17. The average Bonchev–Trinajstić information content (AvgIpc) is 3.99. The topological polar surface area (TPSA) is 181 Å². The summed E-state index contributed by atoms with van der Waals surface area (Å²) < 4.78 is 31.2. The third-order valence-corrected chi connectivity index (χ3v) is 14.0. The maximum absolute atomic E-state index is 11.6. The number of carboxylic acids is 1. The Morgan fingerprint density at radius 3 is 1.62 bits per heavy atom. The van der Waals surface area contributed by atoms with Gasteiger partial charge in [-0.2, -0.15) is 0 Å². The van der Waals surface area contributed by atoms with E-state index in [-0.39, 0.29) is 42.9 Å². The van der Waals surface area contributed by atoms with Gasteiger partial charge in [0.25, 0.3) is 0 Å². The van der Waals surface area contributed by atoms with Gasteiger partial charge in [-0.25, -0.2) is 9.59 Å². The fourth-order valence-electron chi connectivity index (χ4n) is 11.6. The lowest BCUT2D eigenvalue weighted by atomic mass is 9.68. The van der Waals surface area contributed by atoms with Crippen molar-refractivity contribution in [1.82, 2.24) is 0 Å². The second-order valence-corrected chi connectivity index (χ2v) is 17.4. The maximum Gasteiger partial charge on any atom is 0.335 e. The van der Waals surface area contributed by atoms with Crippen molar-refractivity contribution < 1.29 is 62.6 Å². The summed E-state index contributed by atoms with van der Waals surface area (Å²) in [7, 11) is 0. The zero-order valence-electron chi connectivity index (χ0n) is 35.4. The molecule has 0 radical (unpaired) electrons. The molecule has 2 N–H and O–H groups in total. The molecule has 11 unspecified atom stereocenters. The van der Waals surface area contributed by atoms with Crippen molar-refractivity contribution in [3.05, 3.63) is 24.3 Å². The van der Waals surface area contributed by atoms with Gasteiger partial charge in [-0.05, 0) is 125 Å². The molecular weight excluding hydrogens is 748 g/mol.